The molecule has 0 atom stereocenters. The molecule has 0 aliphatic carbocycles. The predicted molar refractivity (Wildman–Crippen MR) is 83.8 cm³/mol. The lowest BCUT2D eigenvalue weighted by atomic mass is 9.94. The average Bonchev–Trinajstić information content (AvgIpc) is 2.29. The Morgan fingerprint density at radius 2 is 1.74 bits per heavy atom. The molecule has 1 aromatic carbocycles. The topological polar surface area (TPSA) is 69.5 Å². The van der Waals surface area contributed by atoms with Crippen molar-refractivity contribution in [2.45, 2.75) is 26.4 Å². The molecule has 5 heteroatoms. The van der Waals surface area contributed by atoms with Crippen LogP contribution in [0.3, 0.4) is 0 Å². The van der Waals surface area contributed by atoms with Crippen LogP contribution in [-0.4, -0.2) is 60.8 Å². The van der Waals surface area contributed by atoms with Gasteiger partial charge in [-0.2, -0.15) is 0 Å². The van der Waals surface area contributed by atoms with Crippen LogP contribution in [0.25, 0.3) is 0 Å². The van der Waals surface area contributed by atoms with Crippen LogP contribution in [-0.2, 0) is 6.54 Å². The van der Waals surface area contributed by atoms with Crippen molar-refractivity contribution >= 4 is 13.3 Å². The molecule has 4 N–H and O–H groups in total. The molecule has 0 bridgehead atoms. The van der Waals surface area contributed by atoms with Crippen LogP contribution in [0, 0.1) is 0 Å². The number of hydrogen-bond donors (Lipinski definition) is 0. The Kier molecular flexibility index (Phi) is 7.94. The number of nitrogens with zero attached hydrogens (tertiary/aromatic N) is 2. The van der Waals surface area contributed by atoms with Crippen LogP contribution in [0.15, 0.2) is 24.3 Å². The molecule has 1 saturated heterocycles. The van der Waals surface area contributed by atoms with Crippen molar-refractivity contribution in [3.05, 3.63) is 29.8 Å². The lowest BCUT2D eigenvalue weighted by Gasteiger charge is -2.37. The van der Waals surface area contributed by atoms with Crippen molar-refractivity contribution in [2.24, 2.45) is 0 Å². The van der Waals surface area contributed by atoms with Crippen LogP contribution in [0.5, 0.6) is 0 Å². The normalized spacial score (nSPS) is 16.8. The van der Waals surface area contributed by atoms with Gasteiger partial charge in [-0.3, -0.25) is 9.80 Å². The molecule has 108 valence electrons. The maximum absolute atomic E-state index is 2.56. The van der Waals surface area contributed by atoms with Gasteiger partial charge >= 0.3 is 0 Å². The molecule has 0 aromatic heterocycles. The van der Waals surface area contributed by atoms with Crippen LogP contribution in [0.2, 0.25) is 0 Å². The lowest BCUT2D eigenvalue weighted by molar-refractivity contribution is 0.104. The third-order valence-electron chi connectivity index (χ3n) is 3.63. The zero-order valence-electron chi connectivity index (χ0n) is 12.3. The molecule has 1 heterocycles. The standard InChI is InChI=1S/C14H23BN2.2H2O/c1-12(2)17-8-6-16(7-9-17)11-13-4-3-5-14(15)10-13;;/h3-5,10,12H,6-9,11,15H2,1-2H3;2*1H2. The van der Waals surface area contributed by atoms with Crippen LogP contribution in [0.4, 0.5) is 0 Å². The molecule has 1 aliphatic rings. The van der Waals surface area contributed by atoms with E-state index in [1.165, 1.54) is 37.2 Å². The second kappa shape index (κ2) is 8.33. The Labute approximate surface area is 117 Å². The van der Waals surface area contributed by atoms with E-state index in [-0.39, 0.29) is 11.0 Å². The summed E-state index contributed by atoms with van der Waals surface area (Å²) in [5.41, 5.74) is 2.81. The molecule has 0 radical (unpaired) electrons. The maximum atomic E-state index is 2.56. The fraction of sp³-hybridized carbons (Fsp3) is 0.571. The average molecular weight is 266 g/mol. The molecule has 0 unspecified atom stereocenters. The first-order valence-corrected chi connectivity index (χ1v) is 6.67. The van der Waals surface area contributed by atoms with Gasteiger partial charge in [0, 0.05) is 38.8 Å². The first-order valence-electron chi connectivity index (χ1n) is 6.67. The maximum Gasteiger partial charge on any atom is 0.139 e. The summed E-state index contributed by atoms with van der Waals surface area (Å²) in [5, 5.41) is 0. The predicted octanol–water partition coefficient (Wildman–Crippen LogP) is -1.18. The number of rotatable bonds is 3. The fourth-order valence-electron chi connectivity index (χ4n) is 2.51. The largest absolute Gasteiger partial charge is 0.412 e. The second-order valence-corrected chi connectivity index (χ2v) is 5.39. The molecule has 4 nitrogen and oxygen atoms in total. The summed E-state index contributed by atoms with van der Waals surface area (Å²) in [6, 6.07) is 9.56. The molecular formula is C14H27BN2O2. The summed E-state index contributed by atoms with van der Waals surface area (Å²) in [6.45, 7) is 10.5. The Balaban J connectivity index is 0.00000162. The molecule has 2 rings (SSSR count). The van der Waals surface area contributed by atoms with E-state index in [2.05, 4.69) is 55.8 Å². The third kappa shape index (κ3) is 5.32. The van der Waals surface area contributed by atoms with Gasteiger partial charge in [0.15, 0.2) is 0 Å². The van der Waals surface area contributed by atoms with Gasteiger partial charge in [-0.15, -0.1) is 0 Å². The van der Waals surface area contributed by atoms with Crippen LogP contribution in [0.1, 0.15) is 19.4 Å². The van der Waals surface area contributed by atoms with E-state index in [4.69, 9.17) is 0 Å². The molecular weight excluding hydrogens is 239 g/mol. The van der Waals surface area contributed by atoms with E-state index < -0.39 is 0 Å². The minimum atomic E-state index is 0. The highest BCUT2D eigenvalue weighted by Crippen LogP contribution is 2.09. The molecule has 0 saturated carbocycles. The summed E-state index contributed by atoms with van der Waals surface area (Å²) in [4.78, 5) is 5.13. The first kappa shape index (κ1) is 18.1. The van der Waals surface area contributed by atoms with E-state index in [9.17, 15) is 0 Å². The highest BCUT2D eigenvalue weighted by Gasteiger charge is 2.18. The van der Waals surface area contributed by atoms with E-state index in [0.717, 1.165) is 6.54 Å². The molecule has 0 spiro atoms. The van der Waals surface area contributed by atoms with Gasteiger partial charge in [-0.05, 0) is 19.4 Å². The van der Waals surface area contributed by atoms with Gasteiger partial charge in [0.1, 0.15) is 7.85 Å². The van der Waals surface area contributed by atoms with Crippen molar-refractivity contribution in [2.75, 3.05) is 26.2 Å². The molecule has 19 heavy (non-hydrogen) atoms. The Morgan fingerprint density at radius 3 is 2.26 bits per heavy atom. The quantitative estimate of drug-likeness (QED) is 0.646. The van der Waals surface area contributed by atoms with Crippen molar-refractivity contribution in [1.82, 2.24) is 9.80 Å². The number of hydrogen-bond acceptors (Lipinski definition) is 2. The smallest absolute Gasteiger partial charge is 0.139 e. The highest BCUT2D eigenvalue weighted by atomic mass is 16.0. The minimum Gasteiger partial charge on any atom is -0.412 e. The molecule has 1 aliphatic heterocycles. The first-order chi connectivity index (χ1) is 8.15. The SMILES string of the molecule is Bc1cccc(CN2CCN(C(C)C)CC2)c1.O.O. The second-order valence-electron chi connectivity index (χ2n) is 5.39. The zero-order valence-corrected chi connectivity index (χ0v) is 12.3. The van der Waals surface area contributed by atoms with E-state index >= 15 is 0 Å². The lowest BCUT2D eigenvalue weighted by Crippen LogP contribution is -2.48. The summed E-state index contributed by atoms with van der Waals surface area (Å²) in [5.74, 6) is 0. The van der Waals surface area contributed by atoms with E-state index in [0.29, 0.717) is 6.04 Å². The summed E-state index contributed by atoms with van der Waals surface area (Å²) in [7, 11) is 2.17. The summed E-state index contributed by atoms with van der Waals surface area (Å²) in [6.07, 6.45) is 0. The number of piperazine rings is 1. The third-order valence-corrected chi connectivity index (χ3v) is 3.63. The molecule has 1 fully saturated rings. The molecule has 0 amide bonds. The Bertz CT molecular complexity index is 366. The van der Waals surface area contributed by atoms with Gasteiger partial charge in [0.05, 0.1) is 0 Å². The molecule has 1 aromatic rings. The summed E-state index contributed by atoms with van der Waals surface area (Å²) >= 11 is 0. The van der Waals surface area contributed by atoms with Gasteiger partial charge in [0.2, 0.25) is 0 Å². The van der Waals surface area contributed by atoms with E-state index in [1.54, 1.807) is 0 Å². The van der Waals surface area contributed by atoms with Gasteiger partial charge in [-0.25, -0.2) is 0 Å². The van der Waals surface area contributed by atoms with Gasteiger partial charge in [-0.1, -0.05) is 29.7 Å². The van der Waals surface area contributed by atoms with Crippen molar-refractivity contribution in [3.8, 4) is 0 Å². The van der Waals surface area contributed by atoms with Gasteiger partial charge in [0.25, 0.3) is 0 Å². The minimum absolute atomic E-state index is 0. The Hall–Kier alpha value is -0.875. The number of benzene rings is 1. The van der Waals surface area contributed by atoms with Crippen molar-refractivity contribution < 1.29 is 11.0 Å². The van der Waals surface area contributed by atoms with Crippen LogP contribution < -0.4 is 5.46 Å². The summed E-state index contributed by atoms with van der Waals surface area (Å²) < 4.78 is 0. The van der Waals surface area contributed by atoms with Gasteiger partial charge < -0.3 is 11.0 Å². The van der Waals surface area contributed by atoms with Crippen LogP contribution >= 0.6 is 0 Å². The Morgan fingerprint density at radius 1 is 1.11 bits per heavy atom. The van der Waals surface area contributed by atoms with E-state index in [1.807, 2.05) is 0 Å². The van der Waals surface area contributed by atoms with Crippen molar-refractivity contribution in [1.29, 1.82) is 0 Å². The van der Waals surface area contributed by atoms with Crippen molar-refractivity contribution in [3.63, 3.8) is 0 Å². The highest BCUT2D eigenvalue weighted by molar-refractivity contribution is 6.32. The zero-order chi connectivity index (χ0) is 12.3. The monoisotopic (exact) mass is 266 g/mol. The fourth-order valence-corrected chi connectivity index (χ4v) is 2.51.